The first-order valence-corrected chi connectivity index (χ1v) is 6.16. The van der Waals surface area contributed by atoms with Gasteiger partial charge < -0.3 is 4.98 Å². The van der Waals surface area contributed by atoms with Gasteiger partial charge in [-0.1, -0.05) is 26.0 Å². The molecule has 0 bridgehead atoms. The lowest BCUT2D eigenvalue weighted by Crippen LogP contribution is -2.27. The van der Waals surface area contributed by atoms with Crippen LogP contribution in [0.3, 0.4) is 0 Å². The van der Waals surface area contributed by atoms with Gasteiger partial charge in [0.05, 0.1) is 10.9 Å². The van der Waals surface area contributed by atoms with Gasteiger partial charge in [-0.15, -0.1) is 0 Å². The molecule has 1 aromatic heterocycles. The SMILES string of the molecule is CC(C)C(C)n1c(=S)[nH]c2ccccc2c1=O. The highest BCUT2D eigenvalue weighted by atomic mass is 32.1. The van der Waals surface area contributed by atoms with E-state index in [1.54, 1.807) is 4.57 Å². The summed E-state index contributed by atoms with van der Waals surface area (Å²) in [4.78, 5) is 15.5. The number of hydrogen-bond donors (Lipinski definition) is 1. The summed E-state index contributed by atoms with van der Waals surface area (Å²) >= 11 is 5.27. The van der Waals surface area contributed by atoms with Crippen LogP contribution in [0.15, 0.2) is 29.1 Å². The van der Waals surface area contributed by atoms with Crippen molar-refractivity contribution >= 4 is 23.1 Å². The number of nitrogens with zero attached hydrogens (tertiary/aromatic N) is 1. The number of aromatic nitrogens is 2. The number of benzene rings is 1. The Kier molecular flexibility index (Phi) is 3.15. The van der Waals surface area contributed by atoms with Gasteiger partial charge in [-0.05, 0) is 37.2 Å². The van der Waals surface area contributed by atoms with Crippen molar-refractivity contribution in [3.63, 3.8) is 0 Å². The molecule has 0 aliphatic heterocycles. The van der Waals surface area contributed by atoms with E-state index < -0.39 is 0 Å². The largest absolute Gasteiger partial charge is 0.332 e. The molecule has 1 N–H and O–H groups in total. The van der Waals surface area contributed by atoms with Crippen LogP contribution in [0.5, 0.6) is 0 Å². The lowest BCUT2D eigenvalue weighted by Gasteiger charge is -2.19. The number of hydrogen-bond acceptors (Lipinski definition) is 2. The smallest absolute Gasteiger partial charge is 0.262 e. The fourth-order valence-corrected chi connectivity index (χ4v) is 2.20. The first-order valence-electron chi connectivity index (χ1n) is 5.76. The second-order valence-electron chi connectivity index (χ2n) is 4.64. The number of aromatic amines is 1. The van der Waals surface area contributed by atoms with Gasteiger partial charge in [-0.25, -0.2) is 0 Å². The van der Waals surface area contributed by atoms with E-state index in [0.717, 1.165) is 5.52 Å². The molecular weight excluding hydrogens is 232 g/mol. The molecule has 90 valence electrons. The Morgan fingerprint density at radius 3 is 2.53 bits per heavy atom. The van der Waals surface area contributed by atoms with Crippen LogP contribution in [-0.4, -0.2) is 9.55 Å². The average Bonchev–Trinajstić information content (AvgIpc) is 2.28. The summed E-state index contributed by atoms with van der Waals surface area (Å²) in [5, 5.41) is 0.689. The molecule has 1 unspecified atom stereocenters. The fourth-order valence-electron chi connectivity index (χ4n) is 1.84. The van der Waals surface area contributed by atoms with Crippen molar-refractivity contribution in [1.82, 2.24) is 9.55 Å². The third-order valence-electron chi connectivity index (χ3n) is 3.21. The molecule has 2 rings (SSSR count). The molecule has 1 aromatic carbocycles. The number of fused-ring (bicyclic) bond motifs is 1. The maximum absolute atomic E-state index is 12.4. The summed E-state index contributed by atoms with van der Waals surface area (Å²) in [6.07, 6.45) is 0. The topological polar surface area (TPSA) is 37.8 Å². The highest BCUT2D eigenvalue weighted by molar-refractivity contribution is 7.71. The summed E-state index contributed by atoms with van der Waals surface area (Å²) in [5.74, 6) is 0.365. The minimum Gasteiger partial charge on any atom is -0.332 e. The summed E-state index contributed by atoms with van der Waals surface area (Å²) in [6, 6.07) is 7.55. The van der Waals surface area contributed by atoms with E-state index in [1.165, 1.54) is 0 Å². The molecular formula is C13H16N2OS. The van der Waals surface area contributed by atoms with Crippen molar-refractivity contribution in [2.45, 2.75) is 26.8 Å². The van der Waals surface area contributed by atoms with Gasteiger partial charge in [0, 0.05) is 6.04 Å². The summed E-state index contributed by atoms with van der Waals surface area (Å²) in [5.41, 5.74) is 0.792. The molecule has 4 heteroatoms. The second kappa shape index (κ2) is 4.45. The maximum atomic E-state index is 12.4. The van der Waals surface area contributed by atoms with Crippen LogP contribution in [0.1, 0.15) is 26.8 Å². The van der Waals surface area contributed by atoms with Crippen LogP contribution in [0.4, 0.5) is 0 Å². The Balaban J connectivity index is 2.82. The van der Waals surface area contributed by atoms with Gasteiger partial charge in [-0.3, -0.25) is 9.36 Å². The molecule has 0 saturated heterocycles. The predicted octanol–water partition coefficient (Wildman–Crippen LogP) is 3.28. The Morgan fingerprint density at radius 1 is 1.24 bits per heavy atom. The first kappa shape index (κ1) is 12.0. The Labute approximate surface area is 105 Å². The van der Waals surface area contributed by atoms with E-state index >= 15 is 0 Å². The van der Waals surface area contributed by atoms with Crippen LogP contribution < -0.4 is 5.56 Å². The first-order chi connectivity index (χ1) is 8.02. The Morgan fingerprint density at radius 2 is 1.88 bits per heavy atom. The molecule has 0 amide bonds. The van der Waals surface area contributed by atoms with E-state index in [1.807, 2.05) is 31.2 Å². The minimum absolute atomic E-state index is 0.00875. The normalized spacial score (nSPS) is 13.2. The van der Waals surface area contributed by atoms with Crippen LogP contribution in [0.2, 0.25) is 0 Å². The summed E-state index contributed by atoms with van der Waals surface area (Å²) < 4.78 is 2.16. The van der Waals surface area contributed by atoms with Crippen LogP contribution in [0.25, 0.3) is 10.9 Å². The highest BCUT2D eigenvalue weighted by Gasteiger charge is 2.14. The van der Waals surface area contributed by atoms with Crippen LogP contribution in [-0.2, 0) is 0 Å². The Bertz CT molecular complexity index is 654. The van der Waals surface area contributed by atoms with Crippen molar-refractivity contribution in [2.24, 2.45) is 5.92 Å². The van der Waals surface area contributed by atoms with Crippen molar-refractivity contribution in [3.8, 4) is 0 Å². The van der Waals surface area contributed by atoms with Crippen LogP contribution >= 0.6 is 12.2 Å². The molecule has 0 saturated carbocycles. The number of nitrogens with one attached hydrogen (secondary N) is 1. The number of rotatable bonds is 2. The van der Waals surface area contributed by atoms with E-state index in [2.05, 4.69) is 18.8 Å². The van der Waals surface area contributed by atoms with Crippen molar-refractivity contribution in [1.29, 1.82) is 0 Å². The van der Waals surface area contributed by atoms with Gasteiger partial charge in [0.15, 0.2) is 4.77 Å². The molecule has 0 aliphatic rings. The van der Waals surface area contributed by atoms with Gasteiger partial charge in [0.1, 0.15) is 0 Å². The van der Waals surface area contributed by atoms with Crippen molar-refractivity contribution in [2.75, 3.05) is 0 Å². The third kappa shape index (κ3) is 2.05. The fraction of sp³-hybridized carbons (Fsp3) is 0.385. The van der Waals surface area contributed by atoms with Crippen molar-refractivity contribution < 1.29 is 0 Å². The molecule has 0 fully saturated rings. The number of H-pyrrole nitrogens is 1. The van der Waals surface area contributed by atoms with Crippen molar-refractivity contribution in [3.05, 3.63) is 39.4 Å². The lowest BCUT2D eigenvalue weighted by atomic mass is 10.1. The monoisotopic (exact) mass is 248 g/mol. The maximum Gasteiger partial charge on any atom is 0.262 e. The van der Waals surface area contributed by atoms with E-state index in [0.29, 0.717) is 16.1 Å². The number of para-hydroxylation sites is 1. The van der Waals surface area contributed by atoms with Gasteiger partial charge in [0.25, 0.3) is 5.56 Å². The standard InChI is InChI=1S/C13H16N2OS/c1-8(2)9(3)15-12(16)10-6-4-5-7-11(10)14-13(15)17/h4-9H,1-3H3,(H,14,17). The van der Waals surface area contributed by atoms with Gasteiger partial charge >= 0.3 is 0 Å². The molecule has 2 aromatic rings. The Hall–Kier alpha value is -1.42. The second-order valence-corrected chi connectivity index (χ2v) is 5.02. The lowest BCUT2D eigenvalue weighted by molar-refractivity contribution is 0.392. The van der Waals surface area contributed by atoms with Gasteiger partial charge in [-0.2, -0.15) is 0 Å². The molecule has 0 radical (unpaired) electrons. The summed E-state index contributed by atoms with van der Waals surface area (Å²) in [6.45, 7) is 6.19. The van der Waals surface area contributed by atoms with E-state index in [-0.39, 0.29) is 11.6 Å². The average molecular weight is 248 g/mol. The highest BCUT2D eigenvalue weighted by Crippen LogP contribution is 2.16. The minimum atomic E-state index is -0.00875. The van der Waals surface area contributed by atoms with Gasteiger partial charge in [0.2, 0.25) is 0 Å². The van der Waals surface area contributed by atoms with E-state index in [4.69, 9.17) is 12.2 Å². The molecule has 0 aliphatic carbocycles. The molecule has 1 atom stereocenters. The zero-order chi connectivity index (χ0) is 12.6. The third-order valence-corrected chi connectivity index (χ3v) is 3.51. The molecule has 17 heavy (non-hydrogen) atoms. The zero-order valence-electron chi connectivity index (χ0n) is 10.2. The molecule has 3 nitrogen and oxygen atoms in total. The molecule has 1 heterocycles. The quantitative estimate of drug-likeness (QED) is 0.828. The predicted molar refractivity (Wildman–Crippen MR) is 72.9 cm³/mol. The van der Waals surface area contributed by atoms with E-state index in [9.17, 15) is 4.79 Å². The summed E-state index contributed by atoms with van der Waals surface area (Å²) in [7, 11) is 0. The molecule has 0 spiro atoms. The zero-order valence-corrected chi connectivity index (χ0v) is 11.0. The van der Waals surface area contributed by atoms with Crippen LogP contribution in [0, 0.1) is 10.7 Å².